The maximum absolute atomic E-state index is 13.4. The van der Waals surface area contributed by atoms with Crippen LogP contribution in [-0.4, -0.2) is 21.3 Å². The topological polar surface area (TPSA) is 51.8 Å². The molecule has 0 bridgehead atoms. The van der Waals surface area contributed by atoms with Gasteiger partial charge in [-0.05, 0) is 50.2 Å². The molecule has 2 heterocycles. The van der Waals surface area contributed by atoms with Crippen molar-refractivity contribution in [1.29, 1.82) is 0 Å². The maximum atomic E-state index is 13.4. The van der Waals surface area contributed by atoms with E-state index in [-0.39, 0.29) is 12.3 Å². The first-order chi connectivity index (χ1) is 12.0. The Morgan fingerprint density at radius 2 is 1.80 bits per heavy atom. The van der Waals surface area contributed by atoms with Crippen LogP contribution in [0.25, 0.3) is 11.4 Å². The lowest BCUT2D eigenvalue weighted by Crippen LogP contribution is -2.23. The first kappa shape index (κ1) is 16.3. The number of hydrogen-bond acceptors (Lipinski definition) is 4. The third kappa shape index (κ3) is 3.19. The van der Waals surface area contributed by atoms with Gasteiger partial charge in [-0.25, -0.2) is 0 Å². The SMILES string of the molecule is FC(F)(F)C1CC(Cc2nc(-c3ccncc3)no2)C2=C1CCCC2. The summed E-state index contributed by atoms with van der Waals surface area (Å²) in [5, 5.41) is 3.95. The number of aromatic nitrogens is 3. The Morgan fingerprint density at radius 3 is 2.52 bits per heavy atom. The van der Waals surface area contributed by atoms with Gasteiger partial charge in [0, 0.05) is 24.4 Å². The van der Waals surface area contributed by atoms with Gasteiger partial charge in [-0.3, -0.25) is 4.98 Å². The van der Waals surface area contributed by atoms with Crippen molar-refractivity contribution in [2.24, 2.45) is 11.8 Å². The minimum Gasteiger partial charge on any atom is -0.339 e. The van der Waals surface area contributed by atoms with E-state index in [0.29, 0.717) is 30.1 Å². The van der Waals surface area contributed by atoms with Gasteiger partial charge in [0.25, 0.3) is 0 Å². The van der Waals surface area contributed by atoms with Crippen molar-refractivity contribution >= 4 is 0 Å². The van der Waals surface area contributed by atoms with Crippen molar-refractivity contribution < 1.29 is 17.7 Å². The summed E-state index contributed by atoms with van der Waals surface area (Å²) in [6.45, 7) is 0. The van der Waals surface area contributed by atoms with Gasteiger partial charge >= 0.3 is 6.18 Å². The van der Waals surface area contributed by atoms with Gasteiger partial charge in [0.1, 0.15) is 0 Å². The zero-order valence-electron chi connectivity index (χ0n) is 13.6. The number of pyridine rings is 1. The molecular formula is C18H18F3N3O. The van der Waals surface area contributed by atoms with Crippen LogP contribution >= 0.6 is 0 Å². The zero-order chi connectivity index (χ0) is 17.4. The summed E-state index contributed by atoms with van der Waals surface area (Å²) in [6, 6.07) is 3.54. The largest absolute Gasteiger partial charge is 0.395 e. The standard InChI is InChI=1S/C18H18F3N3O/c19-18(20,21)15-9-12(13-3-1-2-4-14(13)15)10-16-23-17(24-25-16)11-5-7-22-8-6-11/h5-8,12,15H,1-4,9-10H2. The fraction of sp³-hybridized carbons (Fsp3) is 0.500. The van der Waals surface area contributed by atoms with E-state index in [4.69, 9.17) is 4.52 Å². The lowest BCUT2D eigenvalue weighted by Gasteiger charge is -2.21. The average molecular weight is 349 g/mol. The Balaban J connectivity index is 1.55. The van der Waals surface area contributed by atoms with Crippen LogP contribution in [0, 0.1) is 11.8 Å². The summed E-state index contributed by atoms with van der Waals surface area (Å²) in [4.78, 5) is 8.30. The van der Waals surface area contributed by atoms with Crippen molar-refractivity contribution in [3.05, 3.63) is 41.6 Å². The van der Waals surface area contributed by atoms with Crippen LogP contribution in [0.1, 0.15) is 38.0 Å². The predicted molar refractivity (Wildman–Crippen MR) is 84.4 cm³/mol. The Labute approximate surface area is 143 Å². The second kappa shape index (κ2) is 6.28. The lowest BCUT2D eigenvalue weighted by atomic mass is 9.87. The molecular weight excluding hydrogens is 331 g/mol. The lowest BCUT2D eigenvalue weighted by molar-refractivity contribution is -0.165. The van der Waals surface area contributed by atoms with E-state index in [0.717, 1.165) is 30.4 Å². The first-order valence-electron chi connectivity index (χ1n) is 8.54. The summed E-state index contributed by atoms with van der Waals surface area (Å²) in [5.74, 6) is -0.597. The molecule has 7 heteroatoms. The molecule has 0 saturated carbocycles. The third-order valence-electron chi connectivity index (χ3n) is 5.21. The number of rotatable bonds is 3. The fourth-order valence-electron chi connectivity index (χ4n) is 4.09. The molecule has 2 aliphatic carbocycles. The molecule has 2 aromatic heterocycles. The Kier molecular flexibility index (Phi) is 4.09. The van der Waals surface area contributed by atoms with Gasteiger partial charge in [0.15, 0.2) is 0 Å². The molecule has 0 fully saturated rings. The molecule has 0 saturated heterocycles. The van der Waals surface area contributed by atoms with Crippen LogP contribution in [0.2, 0.25) is 0 Å². The molecule has 132 valence electrons. The van der Waals surface area contributed by atoms with Crippen LogP contribution in [-0.2, 0) is 6.42 Å². The Morgan fingerprint density at radius 1 is 1.08 bits per heavy atom. The summed E-state index contributed by atoms with van der Waals surface area (Å²) in [6.07, 6.45) is 2.75. The Hall–Kier alpha value is -2.18. The van der Waals surface area contributed by atoms with E-state index in [1.54, 1.807) is 24.5 Å². The second-order valence-corrected chi connectivity index (χ2v) is 6.74. The third-order valence-corrected chi connectivity index (χ3v) is 5.21. The van der Waals surface area contributed by atoms with Crippen LogP contribution in [0.5, 0.6) is 0 Å². The molecule has 0 aromatic carbocycles. The smallest absolute Gasteiger partial charge is 0.339 e. The van der Waals surface area contributed by atoms with E-state index in [2.05, 4.69) is 15.1 Å². The van der Waals surface area contributed by atoms with Crippen molar-refractivity contribution in [3.8, 4) is 11.4 Å². The van der Waals surface area contributed by atoms with E-state index in [1.807, 2.05) is 0 Å². The fourth-order valence-corrected chi connectivity index (χ4v) is 4.09. The Bertz CT molecular complexity index is 782. The zero-order valence-corrected chi connectivity index (χ0v) is 13.6. The summed E-state index contributed by atoms with van der Waals surface area (Å²) >= 11 is 0. The highest BCUT2D eigenvalue weighted by atomic mass is 19.4. The summed E-state index contributed by atoms with van der Waals surface area (Å²) < 4.78 is 45.4. The monoisotopic (exact) mass is 349 g/mol. The summed E-state index contributed by atoms with van der Waals surface area (Å²) in [7, 11) is 0. The molecule has 2 aromatic rings. The highest BCUT2D eigenvalue weighted by Gasteiger charge is 2.49. The molecule has 2 unspecified atom stereocenters. The second-order valence-electron chi connectivity index (χ2n) is 6.74. The van der Waals surface area contributed by atoms with Crippen molar-refractivity contribution in [2.45, 2.75) is 44.7 Å². The minimum atomic E-state index is -4.16. The number of alkyl halides is 3. The molecule has 0 radical (unpaired) electrons. The van der Waals surface area contributed by atoms with E-state index >= 15 is 0 Å². The molecule has 2 atom stereocenters. The van der Waals surface area contributed by atoms with Gasteiger partial charge in [-0.2, -0.15) is 18.2 Å². The molecule has 0 aliphatic heterocycles. The van der Waals surface area contributed by atoms with Crippen molar-refractivity contribution in [2.75, 3.05) is 0 Å². The molecule has 2 aliphatic rings. The first-order valence-corrected chi connectivity index (χ1v) is 8.54. The van der Waals surface area contributed by atoms with Crippen LogP contribution in [0.3, 0.4) is 0 Å². The summed E-state index contributed by atoms with van der Waals surface area (Å²) in [5.41, 5.74) is 2.39. The van der Waals surface area contributed by atoms with Gasteiger partial charge in [0.05, 0.1) is 5.92 Å². The minimum absolute atomic E-state index is 0.112. The molecule has 0 amide bonds. The quantitative estimate of drug-likeness (QED) is 0.751. The molecule has 4 nitrogen and oxygen atoms in total. The van der Waals surface area contributed by atoms with Crippen molar-refractivity contribution in [1.82, 2.24) is 15.1 Å². The number of allylic oxidation sites excluding steroid dienone is 2. The van der Waals surface area contributed by atoms with Gasteiger partial charge in [-0.15, -0.1) is 0 Å². The van der Waals surface area contributed by atoms with E-state index < -0.39 is 12.1 Å². The normalized spacial score (nSPS) is 23.8. The van der Waals surface area contributed by atoms with Crippen LogP contribution in [0.4, 0.5) is 13.2 Å². The highest BCUT2D eigenvalue weighted by molar-refractivity contribution is 5.52. The molecule has 25 heavy (non-hydrogen) atoms. The van der Waals surface area contributed by atoms with E-state index in [1.165, 1.54) is 0 Å². The van der Waals surface area contributed by atoms with Gasteiger partial charge < -0.3 is 4.52 Å². The average Bonchev–Trinajstić information content (AvgIpc) is 3.21. The van der Waals surface area contributed by atoms with Crippen LogP contribution < -0.4 is 0 Å². The van der Waals surface area contributed by atoms with E-state index in [9.17, 15) is 13.2 Å². The maximum Gasteiger partial charge on any atom is 0.395 e. The highest BCUT2D eigenvalue weighted by Crippen LogP contribution is 2.51. The molecule has 4 rings (SSSR count). The number of nitrogens with zero attached hydrogens (tertiary/aromatic N) is 3. The molecule has 0 spiro atoms. The molecule has 0 N–H and O–H groups in total. The van der Waals surface area contributed by atoms with Crippen molar-refractivity contribution in [3.63, 3.8) is 0 Å². The predicted octanol–water partition coefficient (Wildman–Crippen LogP) is 4.74. The number of halogens is 3. The number of hydrogen-bond donors (Lipinski definition) is 0. The van der Waals surface area contributed by atoms with Crippen LogP contribution in [0.15, 0.2) is 40.2 Å². The van der Waals surface area contributed by atoms with Gasteiger partial charge in [0.2, 0.25) is 11.7 Å². The van der Waals surface area contributed by atoms with Gasteiger partial charge in [-0.1, -0.05) is 16.3 Å².